The molecule has 1 aliphatic heterocycles. The highest BCUT2D eigenvalue weighted by Gasteiger charge is 2.37. The summed E-state index contributed by atoms with van der Waals surface area (Å²) in [4.78, 5) is 12.0. The molecule has 0 spiro atoms. The monoisotopic (exact) mass is 294 g/mol. The van der Waals surface area contributed by atoms with E-state index in [0.29, 0.717) is 6.54 Å². The normalized spacial score (nSPS) is 21.0. The Hall–Kier alpha value is -1.49. The second-order valence-electron chi connectivity index (χ2n) is 6.05. The highest BCUT2D eigenvalue weighted by atomic mass is 19.3. The number of halogens is 2. The van der Waals surface area contributed by atoms with Gasteiger partial charge >= 0.3 is 0 Å². The van der Waals surface area contributed by atoms with E-state index in [2.05, 4.69) is 22.8 Å². The molecule has 0 saturated heterocycles. The first kappa shape index (κ1) is 14.4. The zero-order valence-corrected chi connectivity index (χ0v) is 11.9. The molecule has 1 amide bonds. The summed E-state index contributed by atoms with van der Waals surface area (Å²) in [7, 11) is 0. The van der Waals surface area contributed by atoms with Crippen molar-refractivity contribution >= 4 is 5.91 Å². The summed E-state index contributed by atoms with van der Waals surface area (Å²) >= 11 is 0. The number of nitrogens with one attached hydrogen (secondary N) is 2. The van der Waals surface area contributed by atoms with E-state index in [1.165, 1.54) is 11.1 Å². The van der Waals surface area contributed by atoms with Crippen LogP contribution in [0.2, 0.25) is 0 Å². The summed E-state index contributed by atoms with van der Waals surface area (Å²) in [5.41, 5.74) is 3.64. The van der Waals surface area contributed by atoms with Crippen LogP contribution in [-0.2, 0) is 24.4 Å². The molecule has 1 aliphatic carbocycles. The van der Waals surface area contributed by atoms with Gasteiger partial charge < -0.3 is 10.6 Å². The molecule has 1 fully saturated rings. The van der Waals surface area contributed by atoms with E-state index in [1.807, 2.05) is 6.07 Å². The quantitative estimate of drug-likeness (QED) is 0.900. The SMILES string of the molecule is O=C(NCc1ccc2c(c1)CNC2)C1CCC(F)(F)CC1. The maximum atomic E-state index is 13.1. The first-order valence-electron chi connectivity index (χ1n) is 7.50. The summed E-state index contributed by atoms with van der Waals surface area (Å²) in [6.07, 6.45) is 0.227. The Morgan fingerprint density at radius 1 is 1.24 bits per heavy atom. The summed E-state index contributed by atoms with van der Waals surface area (Å²) < 4.78 is 26.2. The Kier molecular flexibility index (Phi) is 3.93. The maximum Gasteiger partial charge on any atom is 0.248 e. The van der Waals surface area contributed by atoms with Gasteiger partial charge in [0.15, 0.2) is 0 Å². The number of rotatable bonds is 3. The molecule has 0 bridgehead atoms. The Bertz CT molecular complexity index is 535. The lowest BCUT2D eigenvalue weighted by Gasteiger charge is -2.27. The van der Waals surface area contributed by atoms with Crippen molar-refractivity contribution in [3.05, 3.63) is 34.9 Å². The van der Waals surface area contributed by atoms with Crippen LogP contribution in [0.15, 0.2) is 18.2 Å². The van der Waals surface area contributed by atoms with Gasteiger partial charge in [-0.2, -0.15) is 0 Å². The fourth-order valence-corrected chi connectivity index (χ4v) is 3.09. The molecule has 1 heterocycles. The number of alkyl halides is 2. The predicted octanol–water partition coefficient (Wildman–Crippen LogP) is 2.73. The van der Waals surface area contributed by atoms with Crippen LogP contribution in [0.5, 0.6) is 0 Å². The molecule has 21 heavy (non-hydrogen) atoms. The Morgan fingerprint density at radius 3 is 2.71 bits per heavy atom. The number of carbonyl (C=O) groups is 1. The third-order valence-corrected chi connectivity index (χ3v) is 4.46. The summed E-state index contributed by atoms with van der Waals surface area (Å²) in [5, 5.41) is 6.16. The molecular weight excluding hydrogens is 274 g/mol. The predicted molar refractivity (Wildman–Crippen MR) is 75.7 cm³/mol. The second kappa shape index (κ2) is 5.72. The van der Waals surface area contributed by atoms with Gasteiger partial charge in [0.05, 0.1) is 0 Å². The third kappa shape index (κ3) is 3.40. The van der Waals surface area contributed by atoms with E-state index in [4.69, 9.17) is 0 Å². The molecule has 0 radical (unpaired) electrons. The summed E-state index contributed by atoms with van der Waals surface area (Å²) in [6, 6.07) is 6.20. The maximum absolute atomic E-state index is 13.1. The summed E-state index contributed by atoms with van der Waals surface area (Å²) in [6.45, 7) is 2.24. The summed E-state index contributed by atoms with van der Waals surface area (Å²) in [5.74, 6) is -2.94. The highest BCUT2D eigenvalue weighted by Crippen LogP contribution is 2.36. The fourth-order valence-electron chi connectivity index (χ4n) is 3.09. The van der Waals surface area contributed by atoms with E-state index < -0.39 is 5.92 Å². The van der Waals surface area contributed by atoms with Crippen LogP contribution in [-0.4, -0.2) is 11.8 Å². The van der Waals surface area contributed by atoms with E-state index in [1.54, 1.807) is 0 Å². The molecule has 2 N–H and O–H groups in total. The van der Waals surface area contributed by atoms with Crippen LogP contribution in [0.1, 0.15) is 42.4 Å². The van der Waals surface area contributed by atoms with Gasteiger partial charge in [0.1, 0.15) is 0 Å². The fraction of sp³-hybridized carbons (Fsp3) is 0.562. The number of fused-ring (bicyclic) bond motifs is 1. The molecule has 2 aliphatic rings. The third-order valence-electron chi connectivity index (χ3n) is 4.46. The van der Waals surface area contributed by atoms with Crippen molar-refractivity contribution in [1.29, 1.82) is 0 Å². The van der Waals surface area contributed by atoms with Crippen LogP contribution >= 0.6 is 0 Å². The minimum atomic E-state index is -2.58. The standard InChI is InChI=1S/C16H20F2N2O/c17-16(18)5-3-12(4-6-16)15(21)20-8-11-1-2-13-9-19-10-14(13)7-11/h1-2,7,12,19H,3-6,8-10H2,(H,20,21). The van der Waals surface area contributed by atoms with Crippen LogP contribution in [0.25, 0.3) is 0 Å². The Morgan fingerprint density at radius 2 is 1.95 bits per heavy atom. The molecular formula is C16H20F2N2O. The van der Waals surface area contributed by atoms with Gasteiger partial charge in [0.25, 0.3) is 0 Å². The van der Waals surface area contributed by atoms with Gasteiger partial charge in [0, 0.05) is 38.4 Å². The molecule has 5 heteroatoms. The van der Waals surface area contributed by atoms with Crippen molar-refractivity contribution in [2.75, 3.05) is 0 Å². The van der Waals surface area contributed by atoms with Crippen molar-refractivity contribution in [2.45, 2.75) is 51.2 Å². The average Bonchev–Trinajstić information content (AvgIpc) is 2.92. The molecule has 3 rings (SSSR count). The highest BCUT2D eigenvalue weighted by molar-refractivity contribution is 5.78. The zero-order valence-electron chi connectivity index (χ0n) is 11.9. The van der Waals surface area contributed by atoms with Crippen LogP contribution in [0.4, 0.5) is 8.78 Å². The average molecular weight is 294 g/mol. The molecule has 0 atom stereocenters. The second-order valence-corrected chi connectivity index (χ2v) is 6.05. The molecule has 1 saturated carbocycles. The van der Waals surface area contributed by atoms with Gasteiger partial charge in [-0.1, -0.05) is 18.2 Å². The van der Waals surface area contributed by atoms with Crippen LogP contribution in [0.3, 0.4) is 0 Å². The van der Waals surface area contributed by atoms with E-state index in [-0.39, 0.29) is 37.5 Å². The van der Waals surface area contributed by atoms with Gasteiger partial charge in [-0.15, -0.1) is 0 Å². The van der Waals surface area contributed by atoms with Crippen molar-refractivity contribution in [3.63, 3.8) is 0 Å². The van der Waals surface area contributed by atoms with Gasteiger partial charge in [-0.25, -0.2) is 8.78 Å². The number of carbonyl (C=O) groups excluding carboxylic acids is 1. The van der Waals surface area contributed by atoms with E-state index in [0.717, 1.165) is 18.7 Å². The molecule has 1 aromatic rings. The van der Waals surface area contributed by atoms with Gasteiger partial charge in [-0.3, -0.25) is 4.79 Å². The minimum Gasteiger partial charge on any atom is -0.352 e. The first-order valence-corrected chi connectivity index (χ1v) is 7.50. The van der Waals surface area contributed by atoms with Crippen LogP contribution < -0.4 is 10.6 Å². The molecule has 0 unspecified atom stereocenters. The smallest absolute Gasteiger partial charge is 0.248 e. The topological polar surface area (TPSA) is 41.1 Å². The van der Waals surface area contributed by atoms with Crippen LogP contribution in [0, 0.1) is 5.92 Å². The van der Waals surface area contributed by atoms with Gasteiger partial charge in [0.2, 0.25) is 11.8 Å². The number of hydrogen-bond acceptors (Lipinski definition) is 2. The number of hydrogen-bond donors (Lipinski definition) is 2. The van der Waals surface area contributed by atoms with Crippen molar-refractivity contribution in [1.82, 2.24) is 10.6 Å². The minimum absolute atomic E-state index is 0.0934. The molecule has 0 aromatic heterocycles. The van der Waals surface area contributed by atoms with E-state index in [9.17, 15) is 13.6 Å². The molecule has 114 valence electrons. The van der Waals surface area contributed by atoms with Crippen molar-refractivity contribution < 1.29 is 13.6 Å². The zero-order chi connectivity index (χ0) is 14.9. The lowest BCUT2D eigenvalue weighted by atomic mass is 9.86. The number of benzene rings is 1. The van der Waals surface area contributed by atoms with Crippen molar-refractivity contribution in [2.24, 2.45) is 5.92 Å². The Labute approximate surface area is 123 Å². The number of amides is 1. The van der Waals surface area contributed by atoms with Crippen molar-refractivity contribution in [3.8, 4) is 0 Å². The first-order chi connectivity index (χ1) is 10.0. The Balaban J connectivity index is 1.52. The van der Waals surface area contributed by atoms with Gasteiger partial charge in [-0.05, 0) is 29.5 Å². The molecule has 1 aromatic carbocycles. The largest absolute Gasteiger partial charge is 0.352 e. The molecule has 3 nitrogen and oxygen atoms in total. The lowest BCUT2D eigenvalue weighted by molar-refractivity contribution is -0.129. The lowest BCUT2D eigenvalue weighted by Crippen LogP contribution is -2.35. The van der Waals surface area contributed by atoms with E-state index >= 15 is 0 Å².